The Balaban J connectivity index is 1.54. The number of carbonyl (C=O) groups excluding carboxylic acids is 1. The summed E-state index contributed by atoms with van der Waals surface area (Å²) in [6, 6.07) is 13.0. The van der Waals surface area contributed by atoms with Gasteiger partial charge in [0.2, 0.25) is 5.16 Å². The molecule has 0 saturated carbocycles. The minimum atomic E-state index is -0.445. The van der Waals surface area contributed by atoms with E-state index in [9.17, 15) is 4.79 Å². The number of aromatic nitrogens is 3. The van der Waals surface area contributed by atoms with Gasteiger partial charge in [-0.1, -0.05) is 17.8 Å². The van der Waals surface area contributed by atoms with Crippen LogP contribution in [0, 0.1) is 0 Å². The highest BCUT2D eigenvalue weighted by molar-refractivity contribution is 7.99. The minimum Gasteiger partial charge on any atom is -0.497 e. The van der Waals surface area contributed by atoms with Crippen molar-refractivity contribution < 1.29 is 23.7 Å². The summed E-state index contributed by atoms with van der Waals surface area (Å²) >= 11 is 1.46. The number of nitrogens with zero attached hydrogens (tertiary/aromatic N) is 4. The van der Waals surface area contributed by atoms with Gasteiger partial charge in [-0.05, 0) is 55.0 Å². The molecule has 0 fully saturated rings. The number of benzene rings is 2. The van der Waals surface area contributed by atoms with Gasteiger partial charge in [0, 0.05) is 11.3 Å². The third kappa shape index (κ3) is 4.36. The normalized spacial score (nSPS) is 14.8. The quantitative estimate of drug-likeness (QED) is 0.391. The fourth-order valence-electron chi connectivity index (χ4n) is 3.57. The van der Waals surface area contributed by atoms with Gasteiger partial charge in [-0.15, -0.1) is 10.2 Å². The van der Waals surface area contributed by atoms with Gasteiger partial charge in [-0.3, -0.25) is 0 Å². The molecule has 9 nitrogen and oxygen atoms in total. The standard InChI is InChI=1S/C24H22N4O5S/c1-3-31-23(29)18(12-15-4-9-20-21(13-15)33-11-10-32-20)19-14-34-24-26-25-22(28(24)27-19)16-5-7-17(30-2)8-6-16/h4-9,12-13H,3,10-11,14H2,1-2H3. The largest absolute Gasteiger partial charge is 0.497 e. The first-order valence-corrected chi connectivity index (χ1v) is 11.7. The van der Waals surface area contributed by atoms with Crippen LogP contribution in [-0.4, -0.2) is 59.2 Å². The number of fused-ring (bicyclic) bond motifs is 2. The number of methoxy groups -OCH3 is 1. The second-order valence-electron chi connectivity index (χ2n) is 7.36. The van der Waals surface area contributed by atoms with E-state index in [0.29, 0.717) is 52.7 Å². The third-order valence-electron chi connectivity index (χ3n) is 5.20. The molecule has 0 amide bonds. The predicted octanol–water partition coefficient (Wildman–Crippen LogP) is 3.68. The van der Waals surface area contributed by atoms with E-state index in [1.807, 2.05) is 42.5 Å². The molecule has 3 aromatic rings. The van der Waals surface area contributed by atoms with Gasteiger partial charge in [-0.25, -0.2) is 4.79 Å². The van der Waals surface area contributed by atoms with E-state index in [1.54, 1.807) is 24.8 Å². The molecule has 0 unspecified atom stereocenters. The summed E-state index contributed by atoms with van der Waals surface area (Å²) in [5.41, 5.74) is 2.55. The van der Waals surface area contributed by atoms with Crippen molar-refractivity contribution in [3.63, 3.8) is 0 Å². The van der Waals surface area contributed by atoms with Crippen LogP contribution >= 0.6 is 11.8 Å². The molecule has 0 aliphatic carbocycles. The van der Waals surface area contributed by atoms with Crippen LogP contribution in [0.1, 0.15) is 12.5 Å². The molecule has 0 bridgehead atoms. The fraction of sp³-hybridized carbons (Fsp3) is 0.250. The van der Waals surface area contributed by atoms with Gasteiger partial charge in [-0.2, -0.15) is 9.78 Å². The lowest BCUT2D eigenvalue weighted by atomic mass is 10.1. The third-order valence-corrected chi connectivity index (χ3v) is 6.13. The summed E-state index contributed by atoms with van der Waals surface area (Å²) < 4.78 is 23.5. The first kappa shape index (κ1) is 22.0. The lowest BCUT2D eigenvalue weighted by Crippen LogP contribution is -2.22. The van der Waals surface area contributed by atoms with Gasteiger partial charge >= 0.3 is 5.97 Å². The molecule has 34 heavy (non-hydrogen) atoms. The Bertz CT molecular complexity index is 1280. The Morgan fingerprint density at radius 2 is 1.91 bits per heavy atom. The first-order chi connectivity index (χ1) is 16.7. The van der Waals surface area contributed by atoms with Crippen molar-refractivity contribution in [2.75, 3.05) is 32.7 Å². The van der Waals surface area contributed by atoms with Gasteiger partial charge in [0.25, 0.3) is 0 Å². The molecule has 2 aromatic carbocycles. The van der Waals surface area contributed by atoms with E-state index >= 15 is 0 Å². The van der Waals surface area contributed by atoms with E-state index in [1.165, 1.54) is 11.8 Å². The molecule has 1 aromatic heterocycles. The molecule has 0 radical (unpaired) electrons. The number of thioether (sulfide) groups is 1. The molecule has 0 atom stereocenters. The maximum absolute atomic E-state index is 12.9. The van der Waals surface area contributed by atoms with Crippen LogP contribution in [0.3, 0.4) is 0 Å². The highest BCUT2D eigenvalue weighted by Gasteiger charge is 2.26. The molecular formula is C24H22N4O5S. The van der Waals surface area contributed by atoms with Gasteiger partial charge < -0.3 is 18.9 Å². The summed E-state index contributed by atoms with van der Waals surface area (Å²) in [4.78, 5) is 12.9. The zero-order valence-electron chi connectivity index (χ0n) is 18.7. The van der Waals surface area contributed by atoms with Crippen LogP contribution in [0.4, 0.5) is 0 Å². The molecule has 0 N–H and O–H groups in total. The van der Waals surface area contributed by atoms with Gasteiger partial charge in [0.05, 0.1) is 25.0 Å². The summed E-state index contributed by atoms with van der Waals surface area (Å²) in [6.45, 7) is 3.03. The number of carbonyl (C=O) groups is 1. The highest BCUT2D eigenvalue weighted by atomic mass is 32.2. The van der Waals surface area contributed by atoms with Crippen LogP contribution < -0.4 is 14.2 Å². The van der Waals surface area contributed by atoms with Crippen LogP contribution in [0.15, 0.2) is 58.3 Å². The average molecular weight is 479 g/mol. The molecule has 174 valence electrons. The topological polar surface area (TPSA) is 97.1 Å². The Kier molecular flexibility index (Phi) is 6.22. The van der Waals surface area contributed by atoms with Crippen molar-refractivity contribution in [3.8, 4) is 28.6 Å². The Morgan fingerprint density at radius 1 is 1.12 bits per heavy atom. The van der Waals surface area contributed by atoms with E-state index < -0.39 is 5.97 Å². The van der Waals surface area contributed by atoms with E-state index in [0.717, 1.165) is 16.9 Å². The number of hydrogen-bond acceptors (Lipinski definition) is 9. The molecule has 2 aliphatic heterocycles. The lowest BCUT2D eigenvalue weighted by Gasteiger charge is -2.19. The molecule has 0 spiro atoms. The molecule has 0 saturated heterocycles. The van der Waals surface area contributed by atoms with Crippen LogP contribution in [0.25, 0.3) is 17.5 Å². The van der Waals surface area contributed by atoms with Crippen LogP contribution in [0.2, 0.25) is 0 Å². The van der Waals surface area contributed by atoms with E-state index in [2.05, 4.69) is 10.2 Å². The van der Waals surface area contributed by atoms with E-state index in [4.69, 9.17) is 24.0 Å². The summed E-state index contributed by atoms with van der Waals surface area (Å²) in [5.74, 6) is 2.66. The summed E-state index contributed by atoms with van der Waals surface area (Å²) in [6.07, 6.45) is 1.76. The maximum atomic E-state index is 12.9. The maximum Gasteiger partial charge on any atom is 0.340 e. The number of rotatable bonds is 6. The molecular weight excluding hydrogens is 456 g/mol. The molecule has 10 heteroatoms. The van der Waals surface area contributed by atoms with Crippen molar-refractivity contribution in [2.24, 2.45) is 5.10 Å². The van der Waals surface area contributed by atoms with Gasteiger partial charge in [0.1, 0.15) is 19.0 Å². The van der Waals surface area contributed by atoms with Crippen LogP contribution in [0.5, 0.6) is 17.2 Å². The van der Waals surface area contributed by atoms with Crippen molar-refractivity contribution in [1.82, 2.24) is 14.9 Å². The SMILES string of the molecule is CCOC(=O)C(=Cc1ccc2c(c1)OCCO2)C1=Nn2c(nnc2-c2ccc(OC)cc2)SC1. The average Bonchev–Trinajstić information content (AvgIpc) is 3.30. The summed E-state index contributed by atoms with van der Waals surface area (Å²) in [7, 11) is 1.62. The van der Waals surface area contributed by atoms with Crippen LogP contribution in [-0.2, 0) is 9.53 Å². The number of ether oxygens (including phenoxy) is 4. The Hall–Kier alpha value is -3.79. The zero-order valence-corrected chi connectivity index (χ0v) is 19.5. The van der Waals surface area contributed by atoms with Crippen molar-refractivity contribution in [3.05, 3.63) is 53.6 Å². The molecule has 5 rings (SSSR count). The fourth-order valence-corrected chi connectivity index (χ4v) is 4.39. The Labute approximate surface area is 200 Å². The van der Waals surface area contributed by atoms with Crippen molar-refractivity contribution in [1.29, 1.82) is 0 Å². The predicted molar refractivity (Wildman–Crippen MR) is 128 cm³/mol. The monoisotopic (exact) mass is 478 g/mol. The molecule has 3 heterocycles. The summed E-state index contributed by atoms with van der Waals surface area (Å²) in [5, 5.41) is 14.0. The first-order valence-electron chi connectivity index (χ1n) is 10.8. The molecule has 2 aliphatic rings. The van der Waals surface area contributed by atoms with Crippen molar-refractivity contribution >= 4 is 29.5 Å². The minimum absolute atomic E-state index is 0.257. The Morgan fingerprint density at radius 3 is 2.68 bits per heavy atom. The number of esters is 1. The zero-order chi connectivity index (χ0) is 23.5. The smallest absolute Gasteiger partial charge is 0.340 e. The highest BCUT2D eigenvalue weighted by Crippen LogP contribution is 2.33. The van der Waals surface area contributed by atoms with E-state index in [-0.39, 0.29) is 6.61 Å². The van der Waals surface area contributed by atoms with Gasteiger partial charge in [0.15, 0.2) is 17.3 Å². The second kappa shape index (κ2) is 9.60. The second-order valence-corrected chi connectivity index (χ2v) is 8.31. The lowest BCUT2D eigenvalue weighted by molar-refractivity contribution is -0.137. The van der Waals surface area contributed by atoms with Crippen molar-refractivity contribution in [2.45, 2.75) is 12.1 Å². The number of hydrogen-bond donors (Lipinski definition) is 0.